The Morgan fingerprint density at radius 1 is 0.457 bits per heavy atom. The Balaban J connectivity index is 3.09. The van der Waals surface area contributed by atoms with Crippen molar-refractivity contribution in [2.24, 2.45) is 0 Å². The predicted octanol–water partition coefficient (Wildman–Crippen LogP) is 1.50. The van der Waals surface area contributed by atoms with Crippen LogP contribution in [0.25, 0.3) is 0 Å². The highest BCUT2D eigenvalue weighted by molar-refractivity contribution is 5.71. The van der Waals surface area contributed by atoms with Crippen LogP contribution in [0.2, 0.25) is 0 Å². The molecule has 0 unspecified atom stereocenters. The maximum Gasteiger partial charge on any atom is 0.332 e. The van der Waals surface area contributed by atoms with Gasteiger partial charge >= 0.3 is 5.97 Å². The molecule has 0 heterocycles. The summed E-state index contributed by atoms with van der Waals surface area (Å²) in [5.41, 5.74) is -0.503. The molecule has 0 aromatic carbocycles. The Hall–Kier alpha value is -0.890. The fourth-order valence-electron chi connectivity index (χ4n) is 2.33. The van der Waals surface area contributed by atoms with E-state index in [1.807, 2.05) is 27.7 Å². The van der Waals surface area contributed by atoms with Gasteiger partial charge in [-0.05, 0) is 27.7 Å². The summed E-state index contributed by atoms with van der Waals surface area (Å²) in [5, 5.41) is 0. The molecule has 0 rings (SSSR count). The van der Waals surface area contributed by atoms with Gasteiger partial charge in [-0.25, -0.2) is 4.79 Å². The van der Waals surface area contributed by atoms with E-state index in [4.69, 9.17) is 47.4 Å². The van der Waals surface area contributed by atoms with E-state index in [0.29, 0.717) is 112 Å². The third-order valence-corrected chi connectivity index (χ3v) is 3.82. The molecule has 35 heavy (non-hydrogen) atoms. The Labute approximate surface area is 210 Å². The van der Waals surface area contributed by atoms with Crippen LogP contribution in [0.15, 0.2) is 0 Å². The van der Waals surface area contributed by atoms with E-state index in [0.717, 1.165) is 0 Å². The molecular weight excluding hydrogens is 464 g/mol. The summed E-state index contributed by atoms with van der Waals surface area (Å²) < 4.78 is 53.3. The standard InChI is InChI=1S/C24H48O11/c1-5-26-6-7-27-8-9-28-10-11-29-12-13-30-14-15-31-16-17-32-18-19-33-20-21-34-22-23(25)35-24(2,3)4/h5-22H2,1-4H3. The van der Waals surface area contributed by atoms with E-state index in [1.54, 1.807) is 0 Å². The molecule has 0 saturated carbocycles. The Morgan fingerprint density at radius 3 is 0.971 bits per heavy atom. The average molecular weight is 513 g/mol. The van der Waals surface area contributed by atoms with Crippen molar-refractivity contribution >= 4 is 5.97 Å². The first-order valence-corrected chi connectivity index (χ1v) is 12.4. The van der Waals surface area contributed by atoms with Gasteiger partial charge in [0.15, 0.2) is 0 Å². The molecule has 0 bridgehead atoms. The number of esters is 1. The lowest BCUT2D eigenvalue weighted by atomic mass is 10.2. The van der Waals surface area contributed by atoms with Gasteiger partial charge in [0.1, 0.15) is 12.2 Å². The lowest BCUT2D eigenvalue weighted by molar-refractivity contribution is -0.160. The zero-order chi connectivity index (χ0) is 25.9. The third kappa shape index (κ3) is 31.1. The molecule has 0 aromatic rings. The number of carbonyl (C=O) groups is 1. The molecule has 210 valence electrons. The van der Waals surface area contributed by atoms with Crippen LogP contribution in [-0.2, 0) is 52.2 Å². The number of rotatable bonds is 27. The first-order valence-electron chi connectivity index (χ1n) is 12.4. The second-order valence-electron chi connectivity index (χ2n) is 8.12. The normalized spacial score (nSPS) is 11.8. The fourth-order valence-corrected chi connectivity index (χ4v) is 2.33. The minimum absolute atomic E-state index is 0.0767. The Kier molecular flexibility index (Phi) is 25.5. The second-order valence-corrected chi connectivity index (χ2v) is 8.12. The first-order chi connectivity index (χ1) is 17.0. The summed E-state index contributed by atoms with van der Waals surface area (Å²) in [6.07, 6.45) is 0. The van der Waals surface area contributed by atoms with Gasteiger partial charge in [0.25, 0.3) is 0 Å². The molecule has 11 heteroatoms. The predicted molar refractivity (Wildman–Crippen MR) is 129 cm³/mol. The van der Waals surface area contributed by atoms with Gasteiger partial charge in [0.05, 0.1) is 106 Å². The fraction of sp³-hybridized carbons (Fsp3) is 0.958. The largest absolute Gasteiger partial charge is 0.458 e. The lowest BCUT2D eigenvalue weighted by Gasteiger charge is -2.19. The number of carbonyl (C=O) groups excluding carboxylic acids is 1. The third-order valence-electron chi connectivity index (χ3n) is 3.82. The van der Waals surface area contributed by atoms with E-state index in [2.05, 4.69) is 0 Å². The van der Waals surface area contributed by atoms with E-state index in [1.165, 1.54) is 0 Å². The molecule has 0 aromatic heterocycles. The van der Waals surface area contributed by atoms with Gasteiger partial charge in [-0.3, -0.25) is 0 Å². The van der Waals surface area contributed by atoms with Gasteiger partial charge in [-0.1, -0.05) is 0 Å². The molecule has 0 saturated heterocycles. The van der Waals surface area contributed by atoms with Crippen molar-refractivity contribution in [1.82, 2.24) is 0 Å². The summed E-state index contributed by atoms with van der Waals surface area (Å²) in [5.74, 6) is -0.382. The van der Waals surface area contributed by atoms with Gasteiger partial charge < -0.3 is 47.4 Å². The maximum absolute atomic E-state index is 11.5. The lowest BCUT2D eigenvalue weighted by Crippen LogP contribution is -2.27. The van der Waals surface area contributed by atoms with Crippen LogP contribution in [-0.4, -0.2) is 130 Å². The molecule has 0 spiro atoms. The molecule has 0 aliphatic rings. The van der Waals surface area contributed by atoms with Crippen LogP contribution < -0.4 is 0 Å². The van der Waals surface area contributed by atoms with Gasteiger partial charge in [-0.2, -0.15) is 0 Å². The Morgan fingerprint density at radius 2 is 0.714 bits per heavy atom. The smallest absolute Gasteiger partial charge is 0.332 e. The van der Waals surface area contributed by atoms with Crippen LogP contribution in [0.5, 0.6) is 0 Å². The summed E-state index contributed by atoms with van der Waals surface area (Å²) in [7, 11) is 0. The van der Waals surface area contributed by atoms with E-state index in [-0.39, 0.29) is 12.6 Å². The molecule has 0 atom stereocenters. The molecule has 0 aliphatic carbocycles. The van der Waals surface area contributed by atoms with Crippen molar-refractivity contribution < 1.29 is 52.2 Å². The summed E-state index contributed by atoms with van der Waals surface area (Å²) >= 11 is 0. The van der Waals surface area contributed by atoms with Crippen molar-refractivity contribution in [1.29, 1.82) is 0 Å². The van der Waals surface area contributed by atoms with Crippen molar-refractivity contribution in [3.05, 3.63) is 0 Å². The highest BCUT2D eigenvalue weighted by Gasteiger charge is 2.15. The summed E-state index contributed by atoms with van der Waals surface area (Å²) in [6.45, 7) is 16.1. The highest BCUT2D eigenvalue weighted by atomic mass is 16.6. The van der Waals surface area contributed by atoms with Gasteiger partial charge in [0, 0.05) is 6.61 Å². The van der Waals surface area contributed by atoms with E-state index < -0.39 is 5.60 Å². The van der Waals surface area contributed by atoms with E-state index >= 15 is 0 Å². The van der Waals surface area contributed by atoms with E-state index in [9.17, 15) is 4.79 Å². The maximum atomic E-state index is 11.5. The van der Waals surface area contributed by atoms with Crippen LogP contribution >= 0.6 is 0 Å². The van der Waals surface area contributed by atoms with Crippen LogP contribution in [0.4, 0.5) is 0 Å². The monoisotopic (exact) mass is 512 g/mol. The minimum Gasteiger partial charge on any atom is -0.458 e. The van der Waals surface area contributed by atoms with Crippen LogP contribution in [0.1, 0.15) is 27.7 Å². The van der Waals surface area contributed by atoms with Crippen LogP contribution in [0, 0.1) is 0 Å². The van der Waals surface area contributed by atoms with Gasteiger partial charge in [-0.15, -0.1) is 0 Å². The second kappa shape index (κ2) is 26.2. The molecule has 11 nitrogen and oxygen atoms in total. The molecule has 0 fully saturated rings. The molecule has 0 aliphatic heterocycles. The zero-order valence-corrected chi connectivity index (χ0v) is 22.2. The first kappa shape index (κ1) is 34.1. The molecule has 0 N–H and O–H groups in total. The molecule has 0 radical (unpaired) electrons. The Bertz CT molecular complexity index is 444. The number of ether oxygens (including phenoxy) is 10. The summed E-state index contributed by atoms with van der Waals surface area (Å²) in [4.78, 5) is 11.5. The SMILES string of the molecule is CCOCCOCCOCCOCCOCCOCCOCCOCCOCC(=O)OC(C)(C)C. The van der Waals surface area contributed by atoms with Crippen LogP contribution in [0.3, 0.4) is 0 Å². The average Bonchev–Trinajstić information content (AvgIpc) is 2.80. The van der Waals surface area contributed by atoms with Crippen molar-refractivity contribution in [3.8, 4) is 0 Å². The minimum atomic E-state index is -0.503. The molecular formula is C24H48O11. The number of hydrogen-bond donors (Lipinski definition) is 0. The zero-order valence-electron chi connectivity index (χ0n) is 22.2. The quantitative estimate of drug-likeness (QED) is 0.118. The van der Waals surface area contributed by atoms with Gasteiger partial charge in [0.2, 0.25) is 0 Å². The van der Waals surface area contributed by atoms with Crippen molar-refractivity contribution in [2.75, 3.05) is 119 Å². The highest BCUT2D eigenvalue weighted by Crippen LogP contribution is 2.06. The molecule has 0 amide bonds. The van der Waals surface area contributed by atoms with Crippen molar-refractivity contribution in [3.63, 3.8) is 0 Å². The topological polar surface area (TPSA) is 109 Å². The number of hydrogen-bond acceptors (Lipinski definition) is 11. The van der Waals surface area contributed by atoms with Crippen molar-refractivity contribution in [2.45, 2.75) is 33.3 Å². The summed E-state index contributed by atoms with van der Waals surface area (Å²) in [6, 6.07) is 0.